The molecule has 2 aromatic carbocycles. The van der Waals surface area contributed by atoms with E-state index < -0.39 is 0 Å². The molecule has 0 radical (unpaired) electrons. The third-order valence-corrected chi connectivity index (χ3v) is 6.84. The molecule has 1 aliphatic heterocycles. The summed E-state index contributed by atoms with van der Waals surface area (Å²) in [5, 5.41) is 1.32. The highest BCUT2D eigenvalue weighted by atomic mass is 35.5. The Morgan fingerprint density at radius 3 is 2.65 bits per heavy atom. The van der Waals surface area contributed by atoms with E-state index in [0.717, 1.165) is 49.5 Å². The van der Waals surface area contributed by atoms with E-state index in [1.54, 1.807) is 23.1 Å². The molecular formula is C25H30ClN3O4S. The Morgan fingerprint density at radius 2 is 1.88 bits per heavy atom. The van der Waals surface area contributed by atoms with Crippen LogP contribution in [-0.2, 0) is 4.74 Å². The van der Waals surface area contributed by atoms with E-state index in [4.69, 9.17) is 30.8 Å². The Bertz CT molecular complexity index is 1120. The van der Waals surface area contributed by atoms with Crippen molar-refractivity contribution in [2.24, 2.45) is 0 Å². The second-order valence-electron chi connectivity index (χ2n) is 7.90. The molecule has 182 valence electrons. The van der Waals surface area contributed by atoms with Crippen LogP contribution in [0, 0.1) is 0 Å². The van der Waals surface area contributed by atoms with Gasteiger partial charge in [-0.15, -0.1) is 0 Å². The van der Waals surface area contributed by atoms with Gasteiger partial charge in [0.05, 0.1) is 36.6 Å². The largest absolute Gasteiger partial charge is 0.490 e. The Morgan fingerprint density at radius 1 is 1.12 bits per heavy atom. The van der Waals surface area contributed by atoms with Crippen molar-refractivity contribution in [3.05, 3.63) is 47.0 Å². The fraction of sp³-hybridized carbons (Fsp3) is 0.440. The molecule has 0 unspecified atom stereocenters. The van der Waals surface area contributed by atoms with Crippen molar-refractivity contribution < 1.29 is 19.0 Å². The number of benzene rings is 2. The molecule has 1 aliphatic rings. The predicted molar refractivity (Wildman–Crippen MR) is 137 cm³/mol. The zero-order valence-corrected chi connectivity index (χ0v) is 21.2. The molecule has 34 heavy (non-hydrogen) atoms. The van der Waals surface area contributed by atoms with Crippen LogP contribution in [0.5, 0.6) is 11.5 Å². The van der Waals surface area contributed by atoms with Crippen molar-refractivity contribution in [3.8, 4) is 11.5 Å². The number of ether oxygens (including phenoxy) is 3. The van der Waals surface area contributed by atoms with Crippen molar-refractivity contribution in [2.75, 3.05) is 57.5 Å². The maximum absolute atomic E-state index is 13.7. The summed E-state index contributed by atoms with van der Waals surface area (Å²) in [6.45, 7) is 9.65. The number of hydrogen-bond donors (Lipinski definition) is 0. The average molecular weight is 504 g/mol. The molecule has 7 nitrogen and oxygen atoms in total. The monoisotopic (exact) mass is 503 g/mol. The first-order valence-electron chi connectivity index (χ1n) is 11.7. The van der Waals surface area contributed by atoms with Gasteiger partial charge < -0.3 is 14.2 Å². The second kappa shape index (κ2) is 11.8. The minimum atomic E-state index is -0.115. The van der Waals surface area contributed by atoms with Crippen molar-refractivity contribution in [3.63, 3.8) is 0 Å². The third kappa shape index (κ3) is 5.99. The highest BCUT2D eigenvalue weighted by molar-refractivity contribution is 7.22. The molecule has 1 fully saturated rings. The smallest absolute Gasteiger partial charge is 0.260 e. The number of hydrogen-bond acceptors (Lipinski definition) is 7. The van der Waals surface area contributed by atoms with Crippen LogP contribution < -0.4 is 14.4 Å². The number of nitrogens with zero attached hydrogens (tertiary/aromatic N) is 3. The lowest BCUT2D eigenvalue weighted by Crippen LogP contribution is -2.39. The molecule has 1 amide bonds. The molecule has 0 aliphatic carbocycles. The topological polar surface area (TPSA) is 64.1 Å². The Balaban J connectivity index is 1.60. The summed E-state index contributed by atoms with van der Waals surface area (Å²) in [5.74, 6) is 1.09. The van der Waals surface area contributed by atoms with Gasteiger partial charge in [-0.1, -0.05) is 22.9 Å². The first kappa shape index (κ1) is 24.7. The molecule has 0 N–H and O–H groups in total. The lowest BCUT2D eigenvalue weighted by Gasteiger charge is -2.27. The highest BCUT2D eigenvalue weighted by Crippen LogP contribution is 2.33. The zero-order valence-electron chi connectivity index (χ0n) is 19.6. The number of aromatic nitrogens is 1. The molecule has 0 bridgehead atoms. The van der Waals surface area contributed by atoms with E-state index in [0.29, 0.717) is 47.0 Å². The van der Waals surface area contributed by atoms with Crippen LogP contribution in [0.2, 0.25) is 5.02 Å². The number of anilines is 1. The van der Waals surface area contributed by atoms with Crippen molar-refractivity contribution in [1.82, 2.24) is 9.88 Å². The predicted octanol–water partition coefficient (Wildman–Crippen LogP) is 5.12. The maximum Gasteiger partial charge on any atom is 0.260 e. The van der Waals surface area contributed by atoms with Gasteiger partial charge in [-0.2, -0.15) is 0 Å². The quantitative estimate of drug-likeness (QED) is 0.383. The summed E-state index contributed by atoms with van der Waals surface area (Å²) >= 11 is 7.65. The SMILES string of the molecule is CCOc1ccc(C(=O)N(CCCN2CCOCC2)c2nc3ccc(Cl)cc3s2)cc1OCC. The Kier molecular flexibility index (Phi) is 8.61. The highest BCUT2D eigenvalue weighted by Gasteiger charge is 2.23. The Labute approximate surface area is 209 Å². The number of morpholine rings is 1. The van der Waals surface area contributed by atoms with Crippen molar-refractivity contribution >= 4 is 44.2 Å². The number of thiazole rings is 1. The van der Waals surface area contributed by atoms with Crippen LogP contribution in [0.25, 0.3) is 10.2 Å². The van der Waals surface area contributed by atoms with E-state index in [9.17, 15) is 4.79 Å². The molecule has 0 saturated carbocycles. The number of amides is 1. The lowest BCUT2D eigenvalue weighted by atomic mass is 10.1. The van der Waals surface area contributed by atoms with Gasteiger partial charge in [0.1, 0.15) is 0 Å². The first-order valence-corrected chi connectivity index (χ1v) is 12.9. The summed E-state index contributed by atoms with van der Waals surface area (Å²) in [5.41, 5.74) is 1.37. The Hall–Kier alpha value is -2.39. The number of rotatable bonds is 10. The number of halogens is 1. The van der Waals surface area contributed by atoms with Crippen LogP contribution in [0.3, 0.4) is 0 Å². The number of carbonyl (C=O) groups excluding carboxylic acids is 1. The second-order valence-corrected chi connectivity index (χ2v) is 9.35. The van der Waals surface area contributed by atoms with Crippen LogP contribution in [-0.4, -0.2) is 68.4 Å². The van der Waals surface area contributed by atoms with E-state index in [-0.39, 0.29) is 5.91 Å². The minimum Gasteiger partial charge on any atom is -0.490 e. The van der Waals surface area contributed by atoms with E-state index >= 15 is 0 Å². The zero-order chi connectivity index (χ0) is 23.9. The molecule has 0 atom stereocenters. The van der Waals surface area contributed by atoms with Gasteiger partial charge in [0.25, 0.3) is 5.91 Å². The van der Waals surface area contributed by atoms with Crippen molar-refractivity contribution in [1.29, 1.82) is 0 Å². The molecule has 0 spiro atoms. The average Bonchev–Trinajstić information content (AvgIpc) is 3.26. The third-order valence-electron chi connectivity index (χ3n) is 5.57. The van der Waals surface area contributed by atoms with Crippen LogP contribution in [0.1, 0.15) is 30.6 Å². The summed E-state index contributed by atoms with van der Waals surface area (Å²) in [6.07, 6.45) is 0.831. The van der Waals surface area contributed by atoms with Gasteiger partial charge in [0.2, 0.25) is 0 Å². The maximum atomic E-state index is 13.7. The summed E-state index contributed by atoms with van der Waals surface area (Å²) in [4.78, 5) is 22.6. The van der Waals surface area contributed by atoms with Gasteiger partial charge >= 0.3 is 0 Å². The number of fused-ring (bicyclic) bond motifs is 1. The van der Waals surface area contributed by atoms with Crippen LogP contribution in [0.15, 0.2) is 36.4 Å². The van der Waals surface area contributed by atoms with Gasteiger partial charge in [0.15, 0.2) is 16.6 Å². The van der Waals surface area contributed by atoms with Gasteiger partial charge in [-0.25, -0.2) is 4.98 Å². The molecule has 2 heterocycles. The van der Waals surface area contributed by atoms with Gasteiger partial charge in [-0.3, -0.25) is 14.6 Å². The summed E-state index contributed by atoms with van der Waals surface area (Å²) < 4.78 is 17.8. The molecular weight excluding hydrogens is 474 g/mol. The minimum absolute atomic E-state index is 0.115. The number of carbonyl (C=O) groups is 1. The first-order chi connectivity index (χ1) is 16.6. The molecule has 3 aromatic rings. The molecule has 1 saturated heterocycles. The van der Waals surface area contributed by atoms with Crippen molar-refractivity contribution in [2.45, 2.75) is 20.3 Å². The van der Waals surface area contributed by atoms with E-state index in [1.165, 1.54) is 11.3 Å². The van der Waals surface area contributed by atoms with E-state index in [1.807, 2.05) is 32.0 Å². The van der Waals surface area contributed by atoms with E-state index in [2.05, 4.69) is 4.90 Å². The normalized spacial score (nSPS) is 14.3. The molecule has 1 aromatic heterocycles. The van der Waals surface area contributed by atoms with Crippen LogP contribution >= 0.6 is 22.9 Å². The van der Waals surface area contributed by atoms with Crippen LogP contribution in [0.4, 0.5) is 5.13 Å². The van der Waals surface area contributed by atoms with Gasteiger partial charge in [0, 0.05) is 36.8 Å². The molecule has 4 rings (SSSR count). The molecule has 9 heteroatoms. The summed E-state index contributed by atoms with van der Waals surface area (Å²) in [6, 6.07) is 10.9. The fourth-order valence-electron chi connectivity index (χ4n) is 3.90. The summed E-state index contributed by atoms with van der Waals surface area (Å²) in [7, 11) is 0. The van der Waals surface area contributed by atoms with Gasteiger partial charge in [-0.05, 0) is 56.7 Å². The standard InChI is InChI=1S/C25H30ClN3O4S/c1-3-32-21-9-6-18(16-22(21)33-4-2)24(30)29(11-5-10-28-12-14-31-15-13-28)25-27-20-8-7-19(26)17-23(20)34-25/h6-9,16-17H,3-5,10-15H2,1-2H3. The fourth-order valence-corrected chi connectivity index (χ4v) is 5.17. The lowest BCUT2D eigenvalue weighted by molar-refractivity contribution is 0.0376.